The Balaban J connectivity index is 1.94. The Morgan fingerprint density at radius 1 is 1.50 bits per heavy atom. The van der Waals surface area contributed by atoms with Crippen LogP contribution in [0.3, 0.4) is 0 Å². The predicted molar refractivity (Wildman–Crippen MR) is 62.5 cm³/mol. The van der Waals surface area contributed by atoms with Gasteiger partial charge in [-0.15, -0.1) is 0 Å². The molecular formula is C12H24N2. The number of likely N-dealkylation sites (N-methyl/N-ethyl adjacent to an activating group) is 1. The molecule has 0 amide bonds. The van der Waals surface area contributed by atoms with Gasteiger partial charge in [-0.3, -0.25) is 0 Å². The van der Waals surface area contributed by atoms with Crippen LogP contribution in [0.25, 0.3) is 0 Å². The van der Waals surface area contributed by atoms with Gasteiger partial charge < -0.3 is 10.6 Å². The lowest BCUT2D eigenvalue weighted by atomic mass is 10.1. The van der Waals surface area contributed by atoms with E-state index < -0.39 is 0 Å². The number of rotatable bonds is 7. The summed E-state index contributed by atoms with van der Waals surface area (Å²) in [6.07, 6.45) is 8.64. The summed E-state index contributed by atoms with van der Waals surface area (Å²) in [5.74, 6) is 0.842. The van der Waals surface area contributed by atoms with Crippen molar-refractivity contribution in [3.63, 3.8) is 0 Å². The molecule has 0 aromatic rings. The number of nitrogens with one attached hydrogen (secondary N) is 2. The molecule has 0 bridgehead atoms. The van der Waals surface area contributed by atoms with Crippen molar-refractivity contribution < 1.29 is 0 Å². The van der Waals surface area contributed by atoms with Crippen LogP contribution in [0.15, 0.2) is 12.2 Å². The fourth-order valence-electron chi connectivity index (χ4n) is 1.88. The second kappa shape index (κ2) is 7.02. The molecule has 2 N–H and O–H groups in total. The van der Waals surface area contributed by atoms with E-state index in [0.29, 0.717) is 6.04 Å². The van der Waals surface area contributed by atoms with Crippen molar-refractivity contribution in [1.82, 2.24) is 10.6 Å². The van der Waals surface area contributed by atoms with Crippen molar-refractivity contribution in [3.05, 3.63) is 12.2 Å². The normalized spacial score (nSPS) is 22.9. The lowest BCUT2D eigenvalue weighted by molar-refractivity contribution is 0.469. The van der Waals surface area contributed by atoms with Crippen molar-refractivity contribution >= 4 is 0 Å². The van der Waals surface area contributed by atoms with Crippen molar-refractivity contribution in [3.8, 4) is 0 Å². The van der Waals surface area contributed by atoms with Gasteiger partial charge in [-0.25, -0.2) is 0 Å². The quantitative estimate of drug-likeness (QED) is 0.608. The summed E-state index contributed by atoms with van der Waals surface area (Å²) in [5, 5.41) is 6.90. The van der Waals surface area contributed by atoms with Crippen LogP contribution in [0.1, 0.15) is 33.1 Å². The monoisotopic (exact) mass is 196 g/mol. The fraction of sp³-hybridized carbons (Fsp3) is 0.833. The van der Waals surface area contributed by atoms with E-state index in [9.17, 15) is 0 Å². The number of hydrogen-bond acceptors (Lipinski definition) is 2. The molecule has 0 aromatic carbocycles. The lowest BCUT2D eigenvalue weighted by Crippen LogP contribution is -2.37. The van der Waals surface area contributed by atoms with E-state index in [4.69, 9.17) is 0 Å². The van der Waals surface area contributed by atoms with Crippen LogP contribution in [0.2, 0.25) is 0 Å². The molecule has 14 heavy (non-hydrogen) atoms. The van der Waals surface area contributed by atoms with E-state index in [2.05, 4.69) is 36.6 Å². The van der Waals surface area contributed by atoms with Crippen molar-refractivity contribution in [2.45, 2.75) is 39.2 Å². The minimum Gasteiger partial charge on any atom is -0.315 e. The van der Waals surface area contributed by atoms with Crippen LogP contribution in [0.4, 0.5) is 0 Å². The first kappa shape index (κ1) is 11.7. The summed E-state index contributed by atoms with van der Waals surface area (Å²) in [6.45, 7) is 7.69. The maximum atomic E-state index is 3.55. The van der Waals surface area contributed by atoms with E-state index in [0.717, 1.165) is 25.6 Å². The average molecular weight is 196 g/mol. The molecule has 2 heteroatoms. The van der Waals surface area contributed by atoms with Gasteiger partial charge in [-0.1, -0.05) is 19.1 Å². The molecule has 1 aliphatic carbocycles. The van der Waals surface area contributed by atoms with Crippen LogP contribution in [-0.2, 0) is 0 Å². The highest BCUT2D eigenvalue weighted by Crippen LogP contribution is 2.19. The highest BCUT2D eigenvalue weighted by molar-refractivity contribution is 4.96. The molecule has 2 atom stereocenters. The molecule has 0 spiro atoms. The minimum atomic E-state index is 0.598. The molecule has 0 radical (unpaired) electrons. The Hall–Kier alpha value is -0.340. The van der Waals surface area contributed by atoms with Crippen LogP contribution < -0.4 is 10.6 Å². The zero-order valence-electron chi connectivity index (χ0n) is 9.55. The third kappa shape index (κ3) is 4.77. The van der Waals surface area contributed by atoms with E-state index in [1.807, 2.05) is 0 Å². The lowest BCUT2D eigenvalue weighted by Gasteiger charge is -2.15. The van der Waals surface area contributed by atoms with E-state index in [-0.39, 0.29) is 0 Å². The SMILES string of the molecule is CCNCC(C)NCCC1C=CCC1. The third-order valence-electron chi connectivity index (χ3n) is 2.82. The maximum Gasteiger partial charge on any atom is 0.0164 e. The van der Waals surface area contributed by atoms with Crippen LogP contribution >= 0.6 is 0 Å². The zero-order chi connectivity index (χ0) is 10.2. The first-order chi connectivity index (χ1) is 6.83. The summed E-state index contributed by atoms with van der Waals surface area (Å²) in [4.78, 5) is 0. The predicted octanol–water partition coefficient (Wildman–Crippen LogP) is 1.93. The van der Waals surface area contributed by atoms with Crippen LogP contribution in [0, 0.1) is 5.92 Å². The molecule has 0 fully saturated rings. The van der Waals surface area contributed by atoms with Crippen molar-refractivity contribution in [1.29, 1.82) is 0 Å². The standard InChI is InChI=1S/C12H24N2/c1-3-13-10-11(2)14-9-8-12-6-4-5-7-12/h4,6,11-14H,3,5,7-10H2,1-2H3. The van der Waals surface area contributed by atoms with E-state index >= 15 is 0 Å². The molecule has 2 unspecified atom stereocenters. The highest BCUT2D eigenvalue weighted by Gasteiger charge is 2.08. The molecule has 0 aromatic heterocycles. The summed E-state index contributed by atoms with van der Waals surface area (Å²) in [7, 11) is 0. The van der Waals surface area contributed by atoms with Gasteiger partial charge in [0.2, 0.25) is 0 Å². The number of allylic oxidation sites excluding steroid dienone is 2. The Morgan fingerprint density at radius 3 is 3.00 bits per heavy atom. The Bertz CT molecular complexity index is 166. The van der Waals surface area contributed by atoms with Crippen LogP contribution in [-0.4, -0.2) is 25.7 Å². The highest BCUT2D eigenvalue weighted by atomic mass is 15.0. The number of hydrogen-bond donors (Lipinski definition) is 2. The van der Waals surface area contributed by atoms with Crippen LogP contribution in [0.5, 0.6) is 0 Å². The average Bonchev–Trinajstić information content (AvgIpc) is 2.67. The van der Waals surface area contributed by atoms with Gasteiger partial charge in [-0.05, 0) is 45.2 Å². The molecule has 0 saturated heterocycles. The molecule has 0 heterocycles. The second-order valence-electron chi connectivity index (χ2n) is 4.22. The Morgan fingerprint density at radius 2 is 2.36 bits per heavy atom. The fourth-order valence-corrected chi connectivity index (χ4v) is 1.88. The molecule has 2 nitrogen and oxygen atoms in total. The molecular weight excluding hydrogens is 172 g/mol. The molecule has 0 saturated carbocycles. The van der Waals surface area contributed by atoms with Gasteiger partial charge in [0.1, 0.15) is 0 Å². The molecule has 1 rings (SSSR count). The van der Waals surface area contributed by atoms with Gasteiger partial charge in [0.05, 0.1) is 0 Å². The van der Waals surface area contributed by atoms with Gasteiger partial charge in [0.25, 0.3) is 0 Å². The molecule has 0 aliphatic heterocycles. The van der Waals surface area contributed by atoms with Crippen molar-refractivity contribution in [2.75, 3.05) is 19.6 Å². The largest absolute Gasteiger partial charge is 0.315 e. The van der Waals surface area contributed by atoms with E-state index in [1.165, 1.54) is 19.3 Å². The topological polar surface area (TPSA) is 24.1 Å². The second-order valence-corrected chi connectivity index (χ2v) is 4.22. The van der Waals surface area contributed by atoms with Crippen molar-refractivity contribution in [2.24, 2.45) is 5.92 Å². The summed E-state index contributed by atoms with van der Waals surface area (Å²) in [6, 6.07) is 0.598. The van der Waals surface area contributed by atoms with Gasteiger partial charge >= 0.3 is 0 Å². The van der Waals surface area contributed by atoms with Gasteiger partial charge in [0, 0.05) is 12.6 Å². The summed E-state index contributed by atoms with van der Waals surface area (Å²) in [5.41, 5.74) is 0. The van der Waals surface area contributed by atoms with E-state index in [1.54, 1.807) is 0 Å². The Kier molecular flexibility index (Phi) is 5.88. The smallest absolute Gasteiger partial charge is 0.0164 e. The first-order valence-corrected chi connectivity index (χ1v) is 5.93. The minimum absolute atomic E-state index is 0.598. The summed E-state index contributed by atoms with van der Waals surface area (Å²) >= 11 is 0. The summed E-state index contributed by atoms with van der Waals surface area (Å²) < 4.78 is 0. The first-order valence-electron chi connectivity index (χ1n) is 5.93. The Labute approximate surface area is 88.2 Å². The van der Waals surface area contributed by atoms with Gasteiger partial charge in [-0.2, -0.15) is 0 Å². The molecule has 82 valence electrons. The molecule has 1 aliphatic rings. The van der Waals surface area contributed by atoms with Gasteiger partial charge in [0.15, 0.2) is 0 Å². The zero-order valence-corrected chi connectivity index (χ0v) is 9.55. The third-order valence-corrected chi connectivity index (χ3v) is 2.82. The maximum absolute atomic E-state index is 3.55.